The molecule has 0 bridgehead atoms. The fourth-order valence-electron chi connectivity index (χ4n) is 0.857. The summed E-state index contributed by atoms with van der Waals surface area (Å²) in [4.78, 5) is 10.1. The molecule has 0 aliphatic carbocycles. The summed E-state index contributed by atoms with van der Waals surface area (Å²) in [7, 11) is 0. The van der Waals surface area contributed by atoms with Crippen LogP contribution in [0.25, 0.3) is 0 Å². The lowest BCUT2D eigenvalue weighted by Crippen LogP contribution is -1.92. The Morgan fingerprint density at radius 1 is 1.42 bits per heavy atom. The predicted octanol–water partition coefficient (Wildman–Crippen LogP) is 2.84. The lowest BCUT2D eigenvalue weighted by atomic mass is 10.1. The molecule has 0 radical (unpaired) electrons. The van der Waals surface area contributed by atoms with Crippen LogP contribution in [0.3, 0.4) is 0 Å². The zero-order valence-corrected chi connectivity index (χ0v) is 7.92. The minimum Gasteiger partial charge on any atom is -0.481 e. The van der Waals surface area contributed by atoms with Crippen LogP contribution in [0.2, 0.25) is 0 Å². The minimum atomic E-state index is -0.702. The SMILES string of the molecule is CC(C)C/C=C/CCCC(=O)O. The van der Waals surface area contributed by atoms with E-state index in [4.69, 9.17) is 5.11 Å². The number of carboxylic acids is 1. The number of allylic oxidation sites excluding steroid dienone is 2. The predicted molar refractivity (Wildman–Crippen MR) is 50.1 cm³/mol. The van der Waals surface area contributed by atoms with Crippen molar-refractivity contribution in [1.29, 1.82) is 0 Å². The van der Waals surface area contributed by atoms with E-state index in [9.17, 15) is 4.79 Å². The van der Waals surface area contributed by atoms with Crippen LogP contribution < -0.4 is 0 Å². The standard InChI is InChI=1S/C10H18O2/c1-9(2)7-5-3-4-6-8-10(11)12/h3,5,9H,4,6-8H2,1-2H3,(H,11,12)/b5-3+. The molecule has 70 valence electrons. The smallest absolute Gasteiger partial charge is 0.303 e. The van der Waals surface area contributed by atoms with E-state index in [1.165, 1.54) is 0 Å². The van der Waals surface area contributed by atoms with Gasteiger partial charge in [0.15, 0.2) is 0 Å². The molecule has 0 saturated heterocycles. The second-order valence-corrected chi connectivity index (χ2v) is 3.39. The van der Waals surface area contributed by atoms with Gasteiger partial charge < -0.3 is 5.11 Å². The molecule has 0 heterocycles. The summed E-state index contributed by atoms with van der Waals surface area (Å²) in [6, 6.07) is 0. The lowest BCUT2D eigenvalue weighted by Gasteiger charge is -1.96. The normalized spacial score (nSPS) is 11.2. The topological polar surface area (TPSA) is 37.3 Å². The van der Waals surface area contributed by atoms with Crippen molar-refractivity contribution in [3.63, 3.8) is 0 Å². The minimum absolute atomic E-state index is 0.284. The van der Waals surface area contributed by atoms with Crippen LogP contribution in [0.15, 0.2) is 12.2 Å². The molecule has 2 nitrogen and oxygen atoms in total. The van der Waals surface area contributed by atoms with Gasteiger partial charge in [-0.05, 0) is 25.2 Å². The Morgan fingerprint density at radius 3 is 2.58 bits per heavy atom. The van der Waals surface area contributed by atoms with Crippen molar-refractivity contribution < 1.29 is 9.90 Å². The van der Waals surface area contributed by atoms with E-state index >= 15 is 0 Å². The second-order valence-electron chi connectivity index (χ2n) is 3.39. The Hall–Kier alpha value is -0.790. The molecule has 1 N–H and O–H groups in total. The molecule has 0 atom stereocenters. The molecule has 0 aliphatic rings. The zero-order valence-electron chi connectivity index (χ0n) is 7.92. The van der Waals surface area contributed by atoms with Gasteiger partial charge in [-0.25, -0.2) is 0 Å². The molecule has 0 aromatic rings. The van der Waals surface area contributed by atoms with Crippen molar-refractivity contribution in [2.75, 3.05) is 0 Å². The third-order valence-electron chi connectivity index (χ3n) is 1.54. The van der Waals surface area contributed by atoms with Crippen molar-refractivity contribution in [3.05, 3.63) is 12.2 Å². The van der Waals surface area contributed by atoms with Gasteiger partial charge in [0.2, 0.25) is 0 Å². The molecule has 0 aliphatic heterocycles. The van der Waals surface area contributed by atoms with E-state index in [-0.39, 0.29) is 6.42 Å². The van der Waals surface area contributed by atoms with Gasteiger partial charge in [0.1, 0.15) is 0 Å². The highest BCUT2D eigenvalue weighted by molar-refractivity contribution is 5.66. The number of hydrogen-bond acceptors (Lipinski definition) is 1. The summed E-state index contributed by atoms with van der Waals surface area (Å²) in [5, 5.41) is 8.33. The first-order valence-corrected chi connectivity index (χ1v) is 4.49. The van der Waals surface area contributed by atoms with E-state index in [1.807, 2.05) is 0 Å². The van der Waals surface area contributed by atoms with Crippen molar-refractivity contribution in [1.82, 2.24) is 0 Å². The highest BCUT2D eigenvalue weighted by Crippen LogP contribution is 2.02. The second kappa shape index (κ2) is 6.89. The molecule has 0 aromatic carbocycles. The van der Waals surface area contributed by atoms with Crippen LogP contribution in [0, 0.1) is 5.92 Å². The average molecular weight is 170 g/mol. The largest absolute Gasteiger partial charge is 0.481 e. The van der Waals surface area contributed by atoms with Crippen LogP contribution in [0.5, 0.6) is 0 Å². The van der Waals surface area contributed by atoms with Gasteiger partial charge in [0.25, 0.3) is 0 Å². The molecule has 0 aromatic heterocycles. The molecular formula is C10H18O2. The Labute approximate surface area is 74.3 Å². The van der Waals surface area contributed by atoms with Gasteiger partial charge in [-0.3, -0.25) is 4.79 Å². The summed E-state index contributed by atoms with van der Waals surface area (Å²) in [6.45, 7) is 4.34. The van der Waals surface area contributed by atoms with Gasteiger partial charge in [-0.15, -0.1) is 0 Å². The molecule has 2 heteroatoms. The number of hydrogen-bond donors (Lipinski definition) is 1. The third kappa shape index (κ3) is 9.21. The monoisotopic (exact) mass is 170 g/mol. The van der Waals surface area contributed by atoms with Crippen LogP contribution in [0.1, 0.15) is 39.5 Å². The Morgan fingerprint density at radius 2 is 2.08 bits per heavy atom. The van der Waals surface area contributed by atoms with Crippen LogP contribution >= 0.6 is 0 Å². The summed E-state index contributed by atoms with van der Waals surface area (Å²) in [5.74, 6) is -0.00650. The highest BCUT2D eigenvalue weighted by Gasteiger charge is 1.93. The zero-order chi connectivity index (χ0) is 9.40. The van der Waals surface area contributed by atoms with E-state index < -0.39 is 5.97 Å². The molecule has 0 amide bonds. The quantitative estimate of drug-likeness (QED) is 0.491. The molecule has 0 rings (SSSR count). The maximum Gasteiger partial charge on any atom is 0.303 e. The van der Waals surface area contributed by atoms with E-state index in [0.717, 1.165) is 19.3 Å². The first-order valence-electron chi connectivity index (χ1n) is 4.49. The Kier molecular flexibility index (Phi) is 6.44. The molecule has 0 unspecified atom stereocenters. The summed E-state index contributed by atoms with van der Waals surface area (Å²) >= 11 is 0. The number of carboxylic acid groups (broad SMARTS) is 1. The van der Waals surface area contributed by atoms with Crippen molar-refractivity contribution in [2.24, 2.45) is 5.92 Å². The first kappa shape index (κ1) is 11.2. The molecule has 12 heavy (non-hydrogen) atoms. The maximum atomic E-state index is 10.1. The molecule has 0 fully saturated rings. The summed E-state index contributed by atoms with van der Waals surface area (Å²) in [5.41, 5.74) is 0. The summed E-state index contributed by atoms with van der Waals surface area (Å²) < 4.78 is 0. The van der Waals surface area contributed by atoms with Crippen molar-refractivity contribution >= 4 is 5.97 Å². The number of carbonyl (C=O) groups is 1. The van der Waals surface area contributed by atoms with Crippen LogP contribution in [-0.4, -0.2) is 11.1 Å². The summed E-state index contributed by atoms with van der Waals surface area (Å²) in [6.07, 6.45) is 7.22. The van der Waals surface area contributed by atoms with Gasteiger partial charge in [0, 0.05) is 6.42 Å². The number of rotatable bonds is 6. The fraction of sp³-hybridized carbons (Fsp3) is 0.700. The number of unbranched alkanes of at least 4 members (excludes halogenated alkanes) is 1. The fourth-order valence-corrected chi connectivity index (χ4v) is 0.857. The average Bonchev–Trinajstić information content (AvgIpc) is 1.95. The van der Waals surface area contributed by atoms with Gasteiger partial charge >= 0.3 is 5.97 Å². The van der Waals surface area contributed by atoms with Crippen molar-refractivity contribution in [2.45, 2.75) is 39.5 Å². The maximum absolute atomic E-state index is 10.1. The van der Waals surface area contributed by atoms with Crippen LogP contribution in [-0.2, 0) is 4.79 Å². The van der Waals surface area contributed by atoms with Gasteiger partial charge in [0.05, 0.1) is 0 Å². The Bertz CT molecular complexity index is 148. The number of aliphatic carboxylic acids is 1. The van der Waals surface area contributed by atoms with E-state index in [2.05, 4.69) is 26.0 Å². The molecular weight excluding hydrogens is 152 g/mol. The molecule has 0 saturated carbocycles. The van der Waals surface area contributed by atoms with Crippen molar-refractivity contribution in [3.8, 4) is 0 Å². The van der Waals surface area contributed by atoms with Gasteiger partial charge in [-0.1, -0.05) is 26.0 Å². The van der Waals surface area contributed by atoms with E-state index in [0.29, 0.717) is 5.92 Å². The van der Waals surface area contributed by atoms with Gasteiger partial charge in [-0.2, -0.15) is 0 Å². The lowest BCUT2D eigenvalue weighted by molar-refractivity contribution is -0.137. The first-order chi connectivity index (χ1) is 5.63. The third-order valence-corrected chi connectivity index (χ3v) is 1.54. The van der Waals surface area contributed by atoms with E-state index in [1.54, 1.807) is 0 Å². The highest BCUT2D eigenvalue weighted by atomic mass is 16.4. The Balaban J connectivity index is 3.19. The van der Waals surface area contributed by atoms with Crippen LogP contribution in [0.4, 0.5) is 0 Å². The molecule has 0 spiro atoms.